The Labute approximate surface area is 135 Å². The van der Waals surface area contributed by atoms with E-state index in [4.69, 9.17) is 9.47 Å². The third-order valence-corrected chi connectivity index (χ3v) is 3.01. The van der Waals surface area contributed by atoms with Gasteiger partial charge in [0.2, 0.25) is 0 Å². The van der Waals surface area contributed by atoms with Crippen LogP contribution in [0.25, 0.3) is 0 Å². The lowest BCUT2D eigenvalue weighted by Crippen LogP contribution is -2.13. The number of unbranched alkanes of at least 4 members (excludes halogenated alkanes) is 4. The lowest BCUT2D eigenvalue weighted by Gasteiger charge is -2.06. The highest BCUT2D eigenvalue weighted by molar-refractivity contribution is 5.92. The van der Waals surface area contributed by atoms with Crippen molar-refractivity contribution in [1.82, 2.24) is 0 Å². The van der Waals surface area contributed by atoms with E-state index in [0.29, 0.717) is 5.75 Å². The number of ether oxygens (including phenoxy) is 2. The van der Waals surface area contributed by atoms with Crippen LogP contribution in [-0.4, -0.2) is 25.8 Å². The molecule has 7 heteroatoms. The van der Waals surface area contributed by atoms with Crippen molar-refractivity contribution in [2.45, 2.75) is 39.0 Å². The Morgan fingerprint density at radius 1 is 1.00 bits per heavy atom. The molecule has 0 aliphatic heterocycles. The van der Waals surface area contributed by atoms with Gasteiger partial charge in [0.1, 0.15) is 11.3 Å². The van der Waals surface area contributed by atoms with E-state index in [-0.39, 0.29) is 12.2 Å². The van der Waals surface area contributed by atoms with Crippen LogP contribution in [-0.2, 0) is 19.6 Å². The highest BCUT2D eigenvalue weighted by Crippen LogP contribution is 2.18. The highest BCUT2D eigenvalue weighted by atomic mass is 17.5. The van der Waals surface area contributed by atoms with Crippen LogP contribution in [0.2, 0.25) is 0 Å². The van der Waals surface area contributed by atoms with Gasteiger partial charge in [0.05, 0.1) is 18.8 Å². The van der Waals surface area contributed by atoms with Gasteiger partial charge in [-0.15, -0.1) is 0 Å². The van der Waals surface area contributed by atoms with Crippen LogP contribution < -0.4 is 4.74 Å². The largest absolute Gasteiger partial charge is 0.543 e. The average molecular weight is 326 g/mol. The lowest BCUT2D eigenvalue weighted by atomic mass is 10.2. The maximum absolute atomic E-state index is 11.7. The van der Waals surface area contributed by atoms with E-state index in [9.17, 15) is 9.59 Å². The Hall–Kier alpha value is -2.28. The summed E-state index contributed by atoms with van der Waals surface area (Å²) in [6.07, 6.45) is 4.07. The van der Waals surface area contributed by atoms with Gasteiger partial charge in [-0.3, -0.25) is 4.89 Å². The van der Waals surface area contributed by atoms with E-state index in [0.717, 1.165) is 32.1 Å². The summed E-state index contributed by atoms with van der Waals surface area (Å²) >= 11 is 0. The molecule has 0 bridgehead atoms. The van der Waals surface area contributed by atoms with Crippen molar-refractivity contribution < 1.29 is 33.9 Å². The van der Waals surface area contributed by atoms with Crippen LogP contribution in [0.3, 0.4) is 0 Å². The molecule has 1 aromatic rings. The molecule has 0 spiro atoms. The van der Waals surface area contributed by atoms with Crippen molar-refractivity contribution in [1.29, 1.82) is 0 Å². The molecular weight excluding hydrogens is 304 g/mol. The minimum absolute atomic E-state index is 0.142. The predicted octanol–water partition coefficient (Wildman–Crippen LogP) is 3.82. The molecule has 0 saturated heterocycles. The van der Waals surface area contributed by atoms with Gasteiger partial charge in [0, 0.05) is 0 Å². The van der Waals surface area contributed by atoms with Crippen molar-refractivity contribution in [2.75, 3.05) is 13.7 Å². The standard InChI is InChI=1S/C16H22O7/c1-3-4-5-6-9-12-20-16(18)22-23-21-15(17)13-10-7-8-11-14(13)19-2/h7-8,10-11H,3-6,9,12H2,1-2H3. The molecule has 1 rings (SSSR count). The van der Waals surface area contributed by atoms with E-state index in [2.05, 4.69) is 21.7 Å². The Balaban J connectivity index is 2.18. The monoisotopic (exact) mass is 326 g/mol. The van der Waals surface area contributed by atoms with Gasteiger partial charge in [0.25, 0.3) is 0 Å². The summed E-state index contributed by atoms with van der Waals surface area (Å²) in [7, 11) is 1.42. The third kappa shape index (κ3) is 7.51. The van der Waals surface area contributed by atoms with Crippen molar-refractivity contribution >= 4 is 12.1 Å². The summed E-state index contributed by atoms with van der Waals surface area (Å²) in [5.41, 5.74) is 0.142. The third-order valence-electron chi connectivity index (χ3n) is 3.01. The first-order valence-corrected chi connectivity index (χ1v) is 7.54. The first kappa shape index (κ1) is 18.8. The van der Waals surface area contributed by atoms with Gasteiger partial charge in [-0.05, 0) is 18.6 Å². The Kier molecular flexibility index (Phi) is 9.23. The minimum atomic E-state index is -1.06. The number of carbonyl (C=O) groups is 2. The zero-order chi connectivity index (χ0) is 16.9. The van der Waals surface area contributed by atoms with E-state index in [1.54, 1.807) is 18.2 Å². The molecule has 23 heavy (non-hydrogen) atoms. The summed E-state index contributed by atoms with van der Waals surface area (Å²) in [6, 6.07) is 6.40. The van der Waals surface area contributed by atoms with E-state index >= 15 is 0 Å². The van der Waals surface area contributed by atoms with Crippen LogP contribution in [0.5, 0.6) is 5.75 Å². The number of hydrogen-bond donors (Lipinski definition) is 0. The molecule has 0 amide bonds. The molecule has 0 heterocycles. The number of methoxy groups -OCH3 is 1. The van der Waals surface area contributed by atoms with Gasteiger partial charge in [-0.1, -0.05) is 44.7 Å². The van der Waals surface area contributed by atoms with E-state index < -0.39 is 12.1 Å². The van der Waals surface area contributed by atoms with E-state index in [1.165, 1.54) is 13.2 Å². The fourth-order valence-corrected chi connectivity index (χ4v) is 1.82. The topological polar surface area (TPSA) is 80.3 Å². The zero-order valence-corrected chi connectivity index (χ0v) is 13.4. The van der Waals surface area contributed by atoms with Gasteiger partial charge < -0.3 is 9.47 Å². The van der Waals surface area contributed by atoms with Crippen LogP contribution >= 0.6 is 0 Å². The molecule has 0 saturated carbocycles. The first-order chi connectivity index (χ1) is 11.2. The molecule has 0 radical (unpaired) electrons. The number of benzene rings is 1. The molecule has 0 unspecified atom stereocenters. The van der Waals surface area contributed by atoms with Crippen LogP contribution in [0.4, 0.5) is 4.79 Å². The first-order valence-electron chi connectivity index (χ1n) is 7.54. The maximum atomic E-state index is 11.7. The quantitative estimate of drug-likeness (QED) is 0.280. The van der Waals surface area contributed by atoms with Crippen molar-refractivity contribution in [3.8, 4) is 5.75 Å². The molecule has 7 nitrogen and oxygen atoms in total. The molecule has 128 valence electrons. The predicted molar refractivity (Wildman–Crippen MR) is 80.7 cm³/mol. The number of para-hydroxylation sites is 1. The normalized spacial score (nSPS) is 10.0. The van der Waals surface area contributed by atoms with Crippen molar-refractivity contribution in [3.05, 3.63) is 29.8 Å². The molecule has 0 aromatic heterocycles. The SMILES string of the molecule is CCCCCCCOC(=O)OOOC(=O)c1ccccc1OC. The molecule has 0 atom stereocenters. The fraction of sp³-hybridized carbons (Fsp3) is 0.500. The van der Waals surface area contributed by atoms with Crippen LogP contribution in [0, 0.1) is 0 Å². The fourth-order valence-electron chi connectivity index (χ4n) is 1.82. The van der Waals surface area contributed by atoms with Crippen LogP contribution in [0.1, 0.15) is 49.4 Å². The second-order valence-electron chi connectivity index (χ2n) is 4.74. The molecule has 1 aromatic carbocycles. The summed E-state index contributed by atoms with van der Waals surface area (Å²) in [6.45, 7) is 2.35. The zero-order valence-electron chi connectivity index (χ0n) is 13.4. The van der Waals surface area contributed by atoms with Gasteiger partial charge >= 0.3 is 12.1 Å². The number of hydrogen-bond acceptors (Lipinski definition) is 7. The maximum Gasteiger partial charge on any atom is 0.543 e. The smallest absolute Gasteiger partial charge is 0.496 e. The minimum Gasteiger partial charge on any atom is -0.496 e. The average Bonchev–Trinajstić information content (AvgIpc) is 2.57. The summed E-state index contributed by atoms with van der Waals surface area (Å²) in [5, 5.41) is 4.13. The molecule has 0 fully saturated rings. The Morgan fingerprint density at radius 3 is 2.48 bits per heavy atom. The van der Waals surface area contributed by atoms with Gasteiger partial charge in [0.15, 0.2) is 0 Å². The second-order valence-corrected chi connectivity index (χ2v) is 4.74. The van der Waals surface area contributed by atoms with E-state index in [1.807, 2.05) is 0 Å². The number of carbonyl (C=O) groups excluding carboxylic acids is 2. The Bertz CT molecular complexity index is 487. The second kappa shape index (κ2) is 11.3. The molecule has 0 aliphatic carbocycles. The van der Waals surface area contributed by atoms with Crippen molar-refractivity contribution in [2.24, 2.45) is 0 Å². The summed E-state index contributed by atoms with van der Waals surface area (Å²) in [4.78, 5) is 31.4. The Morgan fingerprint density at radius 2 is 1.74 bits per heavy atom. The summed E-state index contributed by atoms with van der Waals surface area (Å²) < 4.78 is 9.75. The molecule has 0 aliphatic rings. The molecular formula is C16H22O7. The van der Waals surface area contributed by atoms with Gasteiger partial charge in [-0.25, -0.2) is 14.5 Å². The number of rotatable bonds is 10. The van der Waals surface area contributed by atoms with Crippen molar-refractivity contribution in [3.63, 3.8) is 0 Å². The summed E-state index contributed by atoms with van der Waals surface area (Å²) in [5.74, 6) is -0.537. The van der Waals surface area contributed by atoms with Gasteiger partial charge in [-0.2, -0.15) is 0 Å². The van der Waals surface area contributed by atoms with Crippen LogP contribution in [0.15, 0.2) is 24.3 Å². The highest BCUT2D eigenvalue weighted by Gasteiger charge is 2.16. The lowest BCUT2D eigenvalue weighted by molar-refractivity contribution is -0.452. The molecule has 0 N–H and O–H groups in total.